The molecule has 0 saturated heterocycles. The van der Waals surface area contributed by atoms with Crippen molar-refractivity contribution in [3.63, 3.8) is 0 Å². The highest BCUT2D eigenvalue weighted by atomic mass is 19.1. The van der Waals surface area contributed by atoms with Gasteiger partial charge in [-0.05, 0) is 42.0 Å². The maximum absolute atomic E-state index is 13.1. The smallest absolute Gasteiger partial charge is 0.269 e. The van der Waals surface area contributed by atoms with E-state index in [1.165, 1.54) is 16.8 Å². The summed E-state index contributed by atoms with van der Waals surface area (Å²) in [6, 6.07) is 11.4. The average Bonchev–Trinajstić information content (AvgIpc) is 3.33. The monoisotopic (exact) mass is 390 g/mol. The Kier molecular flexibility index (Phi) is 4.90. The van der Waals surface area contributed by atoms with Gasteiger partial charge in [0.05, 0.1) is 17.6 Å². The van der Waals surface area contributed by atoms with Crippen molar-refractivity contribution in [3.05, 3.63) is 78.1 Å². The second-order valence-electron chi connectivity index (χ2n) is 6.64. The summed E-state index contributed by atoms with van der Waals surface area (Å²) in [5.41, 5.74) is 4.31. The van der Waals surface area contributed by atoms with Gasteiger partial charge in [0, 0.05) is 44.2 Å². The number of aromatic nitrogens is 5. The van der Waals surface area contributed by atoms with Crippen molar-refractivity contribution >= 4 is 5.91 Å². The molecule has 0 spiro atoms. The van der Waals surface area contributed by atoms with Gasteiger partial charge in [-0.1, -0.05) is 6.07 Å². The van der Waals surface area contributed by atoms with Crippen molar-refractivity contribution in [2.75, 3.05) is 0 Å². The van der Waals surface area contributed by atoms with Crippen molar-refractivity contribution in [3.8, 4) is 22.5 Å². The van der Waals surface area contributed by atoms with Gasteiger partial charge in [0.1, 0.15) is 11.5 Å². The number of rotatable bonds is 5. The van der Waals surface area contributed by atoms with Crippen LogP contribution in [0.1, 0.15) is 16.1 Å². The van der Waals surface area contributed by atoms with Gasteiger partial charge < -0.3 is 5.32 Å². The van der Waals surface area contributed by atoms with E-state index in [0.717, 1.165) is 22.4 Å². The van der Waals surface area contributed by atoms with E-state index in [1.54, 1.807) is 42.3 Å². The van der Waals surface area contributed by atoms with Gasteiger partial charge in [0.15, 0.2) is 0 Å². The summed E-state index contributed by atoms with van der Waals surface area (Å²) in [5, 5.41) is 11.5. The number of nitrogens with zero attached hydrogens (tertiary/aromatic N) is 5. The molecule has 0 aliphatic rings. The minimum absolute atomic E-state index is 0.255. The van der Waals surface area contributed by atoms with Crippen LogP contribution in [0.25, 0.3) is 22.5 Å². The molecule has 3 heterocycles. The maximum atomic E-state index is 13.1. The number of pyridine rings is 1. The summed E-state index contributed by atoms with van der Waals surface area (Å²) in [5.74, 6) is -0.571. The quantitative estimate of drug-likeness (QED) is 0.568. The first kappa shape index (κ1) is 18.5. The predicted octanol–water partition coefficient (Wildman–Crippen LogP) is 2.95. The van der Waals surface area contributed by atoms with Crippen LogP contribution < -0.4 is 5.32 Å². The molecule has 29 heavy (non-hydrogen) atoms. The molecule has 146 valence electrons. The van der Waals surface area contributed by atoms with Crippen molar-refractivity contribution < 1.29 is 9.18 Å². The number of nitrogens with one attached hydrogen (secondary N) is 1. The molecule has 1 N–H and O–H groups in total. The fraction of sp³-hybridized carbons (Fsp3) is 0.143. The Hall–Kier alpha value is -3.81. The molecule has 4 rings (SSSR count). The van der Waals surface area contributed by atoms with E-state index in [-0.39, 0.29) is 11.7 Å². The second kappa shape index (κ2) is 7.67. The molecular weight excluding hydrogens is 371 g/mol. The summed E-state index contributed by atoms with van der Waals surface area (Å²) in [7, 11) is 3.54. The topological polar surface area (TPSA) is 77.6 Å². The van der Waals surface area contributed by atoms with Gasteiger partial charge in [-0.25, -0.2) is 4.39 Å². The van der Waals surface area contributed by atoms with Gasteiger partial charge in [-0.3, -0.25) is 19.1 Å². The third-order valence-corrected chi connectivity index (χ3v) is 4.56. The van der Waals surface area contributed by atoms with Crippen molar-refractivity contribution in [2.24, 2.45) is 14.1 Å². The zero-order valence-corrected chi connectivity index (χ0v) is 16.0. The van der Waals surface area contributed by atoms with Crippen LogP contribution in [-0.2, 0) is 20.6 Å². The van der Waals surface area contributed by atoms with E-state index < -0.39 is 0 Å². The predicted molar refractivity (Wildman–Crippen MR) is 106 cm³/mol. The van der Waals surface area contributed by atoms with Crippen LogP contribution in [0.4, 0.5) is 4.39 Å². The molecule has 0 aliphatic heterocycles. The number of aryl methyl sites for hydroxylation is 2. The van der Waals surface area contributed by atoms with E-state index in [2.05, 4.69) is 20.5 Å². The first-order valence-corrected chi connectivity index (χ1v) is 9.02. The zero-order valence-electron chi connectivity index (χ0n) is 16.0. The number of benzene rings is 1. The van der Waals surface area contributed by atoms with E-state index in [4.69, 9.17) is 0 Å². The first-order valence-electron chi connectivity index (χ1n) is 9.02. The molecule has 0 unspecified atom stereocenters. The highest BCUT2D eigenvalue weighted by Gasteiger charge is 2.15. The summed E-state index contributed by atoms with van der Waals surface area (Å²) in [6.07, 6.45) is 5.33. The molecule has 0 bridgehead atoms. The maximum Gasteiger partial charge on any atom is 0.269 e. The number of hydrogen-bond acceptors (Lipinski definition) is 4. The molecule has 0 fully saturated rings. The molecule has 1 amide bonds. The van der Waals surface area contributed by atoms with Gasteiger partial charge in [-0.2, -0.15) is 10.2 Å². The lowest BCUT2D eigenvalue weighted by Gasteiger charge is -2.08. The molecule has 0 saturated carbocycles. The molecule has 0 aliphatic carbocycles. The van der Waals surface area contributed by atoms with Crippen LogP contribution in [-0.4, -0.2) is 30.5 Å². The lowest BCUT2D eigenvalue weighted by molar-refractivity contribution is 0.0941. The van der Waals surface area contributed by atoms with Gasteiger partial charge in [0.25, 0.3) is 5.91 Å². The third-order valence-electron chi connectivity index (χ3n) is 4.56. The van der Waals surface area contributed by atoms with Crippen LogP contribution in [0.15, 0.2) is 61.1 Å². The summed E-state index contributed by atoms with van der Waals surface area (Å²) < 4.78 is 16.4. The van der Waals surface area contributed by atoms with Crippen LogP contribution in [0, 0.1) is 5.82 Å². The number of hydrogen-bond donors (Lipinski definition) is 1. The zero-order chi connectivity index (χ0) is 20.4. The Balaban J connectivity index is 1.52. The Morgan fingerprint density at radius 3 is 2.66 bits per heavy atom. The average molecular weight is 390 g/mol. The Morgan fingerprint density at radius 1 is 1.14 bits per heavy atom. The summed E-state index contributed by atoms with van der Waals surface area (Å²) >= 11 is 0. The van der Waals surface area contributed by atoms with Crippen molar-refractivity contribution in [2.45, 2.75) is 6.54 Å². The standard InChI is InChI=1S/C21H19FN6O/c1-27-13-16(12-25-27)20-15(4-3-9-23-20)11-24-21(29)19-10-18(26-28(19)2)14-5-7-17(22)8-6-14/h3-10,12-13H,11H2,1-2H3,(H,24,29). The van der Waals surface area contributed by atoms with Gasteiger partial charge in [0.2, 0.25) is 0 Å². The lowest BCUT2D eigenvalue weighted by atomic mass is 10.1. The second-order valence-corrected chi connectivity index (χ2v) is 6.64. The fourth-order valence-corrected chi connectivity index (χ4v) is 3.09. The van der Waals surface area contributed by atoms with Crippen LogP contribution in [0.2, 0.25) is 0 Å². The summed E-state index contributed by atoms with van der Waals surface area (Å²) in [6.45, 7) is 0.313. The molecular formula is C21H19FN6O. The van der Waals surface area contributed by atoms with Gasteiger partial charge >= 0.3 is 0 Å². The van der Waals surface area contributed by atoms with E-state index in [1.807, 2.05) is 25.4 Å². The minimum Gasteiger partial charge on any atom is -0.347 e. The SMILES string of the molecule is Cn1cc(-c2ncccc2CNC(=O)c2cc(-c3ccc(F)cc3)nn2C)cn1. The van der Waals surface area contributed by atoms with Crippen LogP contribution in [0.3, 0.4) is 0 Å². The largest absolute Gasteiger partial charge is 0.347 e. The van der Waals surface area contributed by atoms with Crippen molar-refractivity contribution in [1.29, 1.82) is 0 Å². The Labute approximate surface area is 166 Å². The highest BCUT2D eigenvalue weighted by molar-refractivity contribution is 5.93. The summed E-state index contributed by atoms with van der Waals surface area (Å²) in [4.78, 5) is 17.1. The van der Waals surface area contributed by atoms with E-state index in [0.29, 0.717) is 17.9 Å². The first-order chi connectivity index (χ1) is 14.0. The molecule has 4 aromatic rings. The normalized spacial score (nSPS) is 10.9. The molecule has 3 aromatic heterocycles. The van der Waals surface area contributed by atoms with E-state index >= 15 is 0 Å². The third kappa shape index (κ3) is 3.91. The Bertz CT molecular complexity index is 1160. The molecule has 0 radical (unpaired) electrons. The molecule has 0 atom stereocenters. The number of carbonyl (C=O) groups is 1. The number of amides is 1. The molecule has 7 nitrogen and oxygen atoms in total. The number of halogens is 1. The molecule has 1 aromatic carbocycles. The van der Waals surface area contributed by atoms with Gasteiger partial charge in [-0.15, -0.1) is 0 Å². The minimum atomic E-state index is -0.316. The highest BCUT2D eigenvalue weighted by Crippen LogP contribution is 2.21. The molecule has 8 heteroatoms. The van der Waals surface area contributed by atoms with Crippen molar-refractivity contribution in [1.82, 2.24) is 29.9 Å². The van der Waals surface area contributed by atoms with E-state index in [9.17, 15) is 9.18 Å². The van der Waals surface area contributed by atoms with Crippen LogP contribution in [0.5, 0.6) is 0 Å². The van der Waals surface area contributed by atoms with Crippen LogP contribution >= 0.6 is 0 Å². The fourth-order valence-electron chi connectivity index (χ4n) is 3.09. The Morgan fingerprint density at radius 2 is 1.93 bits per heavy atom. The lowest BCUT2D eigenvalue weighted by Crippen LogP contribution is -2.25. The number of carbonyl (C=O) groups excluding carboxylic acids is 1.